The molecule has 2 aliphatic rings. The first kappa shape index (κ1) is 35.9. The molecular formula is C41H53N4O2P. The summed E-state index contributed by atoms with van der Waals surface area (Å²) in [5, 5.41) is 18.9. The predicted octanol–water partition coefficient (Wildman–Crippen LogP) is 7.45. The second-order valence-corrected chi connectivity index (χ2v) is 17.9. The Morgan fingerprint density at radius 3 is 1.02 bits per heavy atom. The second kappa shape index (κ2) is 13.9. The number of benzene rings is 4. The van der Waals surface area contributed by atoms with Gasteiger partial charge in [-0.3, -0.25) is 0 Å². The van der Waals surface area contributed by atoms with Crippen LogP contribution in [0.25, 0.3) is 0 Å². The lowest BCUT2D eigenvalue weighted by molar-refractivity contribution is -0.316. The maximum Gasteiger partial charge on any atom is 0.306 e. The molecule has 0 saturated carbocycles. The van der Waals surface area contributed by atoms with Crippen LogP contribution in [0.4, 0.5) is 0 Å². The van der Waals surface area contributed by atoms with Crippen molar-refractivity contribution in [1.29, 1.82) is 0 Å². The maximum atomic E-state index is 9.91. The number of carbonyl (C=O) groups excluding carboxylic acids is 1. The number of carbonyl (C=O) groups is 1. The molecule has 4 aromatic carbocycles. The molecular weight excluding hydrogens is 611 g/mol. The minimum atomic E-state index is -2.34. The molecule has 0 radical (unpaired) electrons. The zero-order valence-electron chi connectivity index (χ0n) is 30.0. The van der Waals surface area contributed by atoms with Gasteiger partial charge in [-0.2, -0.15) is 0 Å². The third-order valence-electron chi connectivity index (χ3n) is 10.1. The van der Waals surface area contributed by atoms with Gasteiger partial charge >= 0.3 is 7.87 Å². The second-order valence-electron chi connectivity index (χ2n) is 15.0. The topological polar surface area (TPSA) is 70.7 Å². The minimum absolute atomic E-state index is 0.214. The van der Waals surface area contributed by atoms with E-state index in [1.807, 2.05) is 0 Å². The van der Waals surface area contributed by atoms with E-state index in [2.05, 4.69) is 183 Å². The Hall–Kier alpha value is -3.38. The van der Waals surface area contributed by atoms with E-state index in [0.29, 0.717) is 11.8 Å². The number of nitrogens with zero attached hydrogens (tertiary/aromatic N) is 2. The summed E-state index contributed by atoms with van der Waals surface area (Å²) >= 11 is 0. The summed E-state index contributed by atoms with van der Waals surface area (Å²) in [5.74, 6) is -0.223. The smallest absolute Gasteiger partial charge is 0.306 e. The van der Waals surface area contributed by atoms with Gasteiger partial charge in [-0.1, -0.05) is 170 Å². The summed E-state index contributed by atoms with van der Waals surface area (Å²) < 4.78 is 5.39. The van der Waals surface area contributed by atoms with Gasteiger partial charge in [0.15, 0.2) is 0 Å². The van der Waals surface area contributed by atoms with Gasteiger partial charge in [-0.05, 0) is 34.1 Å². The summed E-state index contributed by atoms with van der Waals surface area (Å²) in [6.45, 7) is 14.3. The summed E-state index contributed by atoms with van der Waals surface area (Å²) in [6.07, 6.45) is 0. The molecule has 2 N–H and O–H groups in total. The van der Waals surface area contributed by atoms with Gasteiger partial charge in [-0.15, -0.1) is 19.5 Å². The summed E-state index contributed by atoms with van der Waals surface area (Å²) in [6, 6.07) is 44.9. The first-order valence-corrected chi connectivity index (χ1v) is 18.8. The van der Waals surface area contributed by atoms with Gasteiger partial charge in [-0.25, -0.2) is 0 Å². The van der Waals surface area contributed by atoms with Crippen molar-refractivity contribution in [1.82, 2.24) is 19.5 Å². The number of aliphatic carboxylic acids is 1. The van der Waals surface area contributed by atoms with Crippen LogP contribution in [-0.4, -0.2) is 41.5 Å². The molecule has 2 aliphatic heterocycles. The third-order valence-corrected chi connectivity index (χ3v) is 13.7. The summed E-state index contributed by atoms with van der Waals surface area (Å²) in [4.78, 5) is 9.91. The first-order chi connectivity index (χ1) is 22.7. The van der Waals surface area contributed by atoms with Crippen molar-refractivity contribution in [2.75, 3.05) is 14.1 Å². The largest absolute Gasteiger partial charge is 0.550 e. The van der Waals surface area contributed by atoms with Crippen molar-refractivity contribution >= 4 is 13.8 Å². The molecule has 0 aromatic heterocycles. The minimum Gasteiger partial charge on any atom is -0.550 e. The van der Waals surface area contributed by atoms with Gasteiger partial charge in [0.25, 0.3) is 0 Å². The number of hydrogen-bond donors (Lipinski definition) is 2. The van der Waals surface area contributed by atoms with Crippen LogP contribution in [0.1, 0.15) is 70.7 Å². The molecule has 6 rings (SSSR count). The summed E-state index contributed by atoms with van der Waals surface area (Å²) in [5.41, 5.74) is 3.74. The van der Waals surface area contributed by atoms with Gasteiger partial charge in [0, 0.05) is 25.5 Å². The number of carboxylic acids is 1. The third kappa shape index (κ3) is 6.03. The molecule has 48 heavy (non-hydrogen) atoms. The van der Waals surface area contributed by atoms with E-state index in [-0.39, 0.29) is 12.1 Å². The van der Waals surface area contributed by atoms with Crippen LogP contribution < -0.4 is 15.3 Å². The van der Waals surface area contributed by atoms with E-state index in [9.17, 15) is 9.90 Å². The van der Waals surface area contributed by atoms with E-state index >= 15 is 0 Å². The molecule has 0 aliphatic carbocycles. The van der Waals surface area contributed by atoms with E-state index in [1.54, 1.807) is 20.8 Å². The number of likely N-dealkylation sites (N-methyl/N-ethyl adjacent to an activating group) is 2. The van der Waals surface area contributed by atoms with E-state index in [0.717, 1.165) is 0 Å². The Kier molecular flexibility index (Phi) is 10.4. The standard InChI is InChI=1S/C36H44N4P.C5H10O2/c1-27(2)33-35(29-19-11-7-12-20-29,30-21-13-8-14-22-30)37-41(39(33)5)38-36(31-23-15-9-16-24-31,32-25-17-10-18-26-32)34(28(3)4)40(41)6;1-5(2,3)4(6)7/h7-28,33-34,37-38H,1-6H3;1-3H3,(H,6,7)/q+1;/p-1/t33-,34-,41?;/m0./s1. The van der Waals surface area contributed by atoms with Crippen LogP contribution in [0.3, 0.4) is 0 Å². The van der Waals surface area contributed by atoms with Crippen molar-refractivity contribution in [3.63, 3.8) is 0 Å². The van der Waals surface area contributed by atoms with Crippen LogP contribution in [-0.2, 0) is 15.9 Å². The molecule has 2 atom stereocenters. The first-order valence-electron chi connectivity index (χ1n) is 17.1. The maximum absolute atomic E-state index is 9.91. The molecule has 254 valence electrons. The highest BCUT2D eigenvalue weighted by Crippen LogP contribution is 2.75. The van der Waals surface area contributed by atoms with Crippen LogP contribution in [0.15, 0.2) is 121 Å². The van der Waals surface area contributed by atoms with Gasteiger partial charge < -0.3 is 9.90 Å². The Bertz CT molecular complexity index is 1450. The summed E-state index contributed by atoms with van der Waals surface area (Å²) in [7, 11) is 2.37. The van der Waals surface area contributed by atoms with Crippen molar-refractivity contribution < 1.29 is 9.90 Å². The van der Waals surface area contributed by atoms with Gasteiger partial charge in [0.1, 0.15) is 11.1 Å². The van der Waals surface area contributed by atoms with E-state index in [4.69, 9.17) is 0 Å². The van der Waals surface area contributed by atoms with Crippen LogP contribution in [0.5, 0.6) is 0 Å². The van der Waals surface area contributed by atoms with Crippen LogP contribution in [0, 0.1) is 17.3 Å². The van der Waals surface area contributed by atoms with Crippen molar-refractivity contribution in [3.05, 3.63) is 144 Å². The molecule has 6 nitrogen and oxygen atoms in total. The highest BCUT2D eigenvalue weighted by atomic mass is 31.2. The fourth-order valence-electron chi connectivity index (χ4n) is 8.05. The zero-order chi connectivity index (χ0) is 34.9. The molecule has 2 heterocycles. The lowest BCUT2D eigenvalue weighted by atomic mass is 9.74. The van der Waals surface area contributed by atoms with Crippen LogP contribution >= 0.6 is 7.87 Å². The molecule has 0 amide bonds. The van der Waals surface area contributed by atoms with E-state index < -0.39 is 30.3 Å². The van der Waals surface area contributed by atoms with Gasteiger partial charge in [0.05, 0.1) is 12.1 Å². The molecule has 1 spiro atoms. The Morgan fingerprint density at radius 2 is 0.833 bits per heavy atom. The SMILES string of the molecule is CC(C)(C)C(=O)[O-].CC(C)[C@@H]1N(C)[P+]2(NC1(c1ccccc1)c1ccccc1)NC(c1ccccc1)(c1ccccc1)[C@H](C(C)C)N2C. The normalized spacial score (nSPS) is 21.7. The quantitative estimate of drug-likeness (QED) is 0.209. The lowest BCUT2D eigenvalue weighted by Gasteiger charge is -2.36. The number of nitrogens with one attached hydrogen (secondary N) is 2. The van der Waals surface area contributed by atoms with Crippen molar-refractivity contribution in [2.45, 2.75) is 71.6 Å². The Morgan fingerprint density at radius 1 is 0.604 bits per heavy atom. The fourth-order valence-corrected chi connectivity index (χ4v) is 12.5. The molecule has 2 fully saturated rings. The lowest BCUT2D eigenvalue weighted by Crippen LogP contribution is -2.50. The monoisotopic (exact) mass is 664 g/mol. The zero-order valence-corrected chi connectivity index (χ0v) is 30.9. The van der Waals surface area contributed by atoms with E-state index in [1.165, 1.54) is 22.3 Å². The fraction of sp³-hybridized carbons (Fsp3) is 0.390. The molecule has 0 bridgehead atoms. The average molecular weight is 665 g/mol. The number of carboxylic acid groups (broad SMARTS) is 1. The highest BCUT2D eigenvalue weighted by Gasteiger charge is 2.77. The highest BCUT2D eigenvalue weighted by molar-refractivity contribution is 7.68. The van der Waals surface area contributed by atoms with Gasteiger partial charge in [0.2, 0.25) is 0 Å². The Balaban J connectivity index is 0.000000582. The number of hydrogen-bond acceptors (Lipinski definition) is 6. The molecule has 0 unspecified atom stereocenters. The predicted molar refractivity (Wildman–Crippen MR) is 198 cm³/mol. The van der Waals surface area contributed by atoms with Crippen LogP contribution in [0.2, 0.25) is 0 Å². The van der Waals surface area contributed by atoms with Crippen molar-refractivity contribution in [3.8, 4) is 0 Å². The molecule has 4 aromatic rings. The number of rotatable bonds is 6. The van der Waals surface area contributed by atoms with Crippen molar-refractivity contribution in [2.24, 2.45) is 17.3 Å². The molecule has 2 saturated heterocycles. The average Bonchev–Trinajstić information content (AvgIpc) is 3.51. The Labute approximate surface area is 289 Å². The molecule has 7 heteroatoms.